The van der Waals surface area contributed by atoms with E-state index in [2.05, 4.69) is 33.0 Å². The molecule has 0 spiro atoms. The second-order valence-corrected chi connectivity index (χ2v) is 4.62. The van der Waals surface area contributed by atoms with Gasteiger partial charge in [0.2, 0.25) is 0 Å². The van der Waals surface area contributed by atoms with Gasteiger partial charge in [0.15, 0.2) is 0 Å². The summed E-state index contributed by atoms with van der Waals surface area (Å²) in [5.74, 6) is 0.819. The molecule has 78 valence electrons. The van der Waals surface area contributed by atoms with E-state index in [9.17, 15) is 0 Å². The van der Waals surface area contributed by atoms with Gasteiger partial charge >= 0.3 is 0 Å². The molecule has 0 aromatic carbocycles. The molecule has 1 saturated carbocycles. The second kappa shape index (κ2) is 4.43. The minimum Gasteiger partial charge on any atom is -0.380 e. The van der Waals surface area contributed by atoms with Crippen molar-refractivity contribution in [2.45, 2.75) is 40.2 Å². The Kier molecular flexibility index (Phi) is 3.74. The monoisotopic (exact) mass is 185 g/mol. The van der Waals surface area contributed by atoms with E-state index in [4.69, 9.17) is 4.74 Å². The van der Waals surface area contributed by atoms with Gasteiger partial charge in [0.1, 0.15) is 0 Å². The molecule has 2 unspecified atom stereocenters. The predicted molar refractivity (Wildman–Crippen MR) is 55.8 cm³/mol. The molecule has 13 heavy (non-hydrogen) atoms. The molecule has 0 aliphatic heterocycles. The van der Waals surface area contributed by atoms with Crippen molar-refractivity contribution in [3.05, 3.63) is 0 Å². The minimum absolute atomic E-state index is 0.546. The molecular formula is C11H23NO. The Morgan fingerprint density at radius 2 is 2.08 bits per heavy atom. The van der Waals surface area contributed by atoms with E-state index < -0.39 is 0 Å². The van der Waals surface area contributed by atoms with E-state index in [0.29, 0.717) is 11.5 Å². The lowest BCUT2D eigenvalue weighted by Gasteiger charge is -2.19. The van der Waals surface area contributed by atoms with Crippen molar-refractivity contribution in [1.82, 2.24) is 5.32 Å². The lowest BCUT2D eigenvalue weighted by Crippen LogP contribution is -2.36. The Bertz CT molecular complexity index is 156. The molecule has 0 heterocycles. The van der Waals surface area contributed by atoms with Crippen molar-refractivity contribution in [2.75, 3.05) is 19.8 Å². The highest BCUT2D eigenvalue weighted by Gasteiger charge is 2.49. The number of hydrogen-bond acceptors (Lipinski definition) is 2. The maximum Gasteiger partial charge on any atom is 0.0622 e. The molecule has 0 bridgehead atoms. The van der Waals surface area contributed by atoms with Crippen LogP contribution in [-0.2, 0) is 4.74 Å². The van der Waals surface area contributed by atoms with Crippen molar-refractivity contribution in [3.8, 4) is 0 Å². The van der Waals surface area contributed by atoms with E-state index in [1.54, 1.807) is 0 Å². The zero-order valence-electron chi connectivity index (χ0n) is 9.39. The van der Waals surface area contributed by atoms with Crippen LogP contribution >= 0.6 is 0 Å². The van der Waals surface area contributed by atoms with E-state index in [1.165, 1.54) is 6.42 Å². The van der Waals surface area contributed by atoms with E-state index in [0.717, 1.165) is 25.7 Å². The fourth-order valence-electron chi connectivity index (χ4n) is 2.02. The molecule has 0 radical (unpaired) electrons. The quantitative estimate of drug-likeness (QED) is 0.684. The van der Waals surface area contributed by atoms with Crippen molar-refractivity contribution in [3.63, 3.8) is 0 Å². The Hall–Kier alpha value is -0.0800. The van der Waals surface area contributed by atoms with Crippen molar-refractivity contribution in [2.24, 2.45) is 11.3 Å². The zero-order chi connectivity index (χ0) is 9.90. The van der Waals surface area contributed by atoms with Crippen LogP contribution in [-0.4, -0.2) is 25.8 Å². The highest BCUT2D eigenvalue weighted by Crippen LogP contribution is 2.53. The third-order valence-corrected chi connectivity index (χ3v) is 3.04. The Labute approximate surface area is 82.0 Å². The number of nitrogens with one attached hydrogen (secondary N) is 1. The lowest BCUT2D eigenvalue weighted by molar-refractivity contribution is 0.112. The SMILES string of the molecule is CCNC(COCC)C1CC1(C)C. The van der Waals surface area contributed by atoms with E-state index in [1.807, 2.05) is 0 Å². The van der Waals surface area contributed by atoms with Crippen LogP contribution in [0.15, 0.2) is 0 Å². The van der Waals surface area contributed by atoms with Crippen LogP contribution in [0.5, 0.6) is 0 Å². The third-order valence-electron chi connectivity index (χ3n) is 3.04. The van der Waals surface area contributed by atoms with Crippen LogP contribution in [0, 0.1) is 11.3 Å². The maximum absolute atomic E-state index is 5.48. The summed E-state index contributed by atoms with van der Waals surface area (Å²) in [5, 5.41) is 3.51. The molecule has 0 amide bonds. The van der Waals surface area contributed by atoms with Crippen molar-refractivity contribution >= 4 is 0 Å². The molecule has 0 aromatic rings. The van der Waals surface area contributed by atoms with Gasteiger partial charge in [0, 0.05) is 12.6 Å². The van der Waals surface area contributed by atoms with Crippen molar-refractivity contribution < 1.29 is 4.74 Å². The van der Waals surface area contributed by atoms with Gasteiger partial charge in [-0.15, -0.1) is 0 Å². The molecule has 1 N–H and O–H groups in total. The molecular weight excluding hydrogens is 162 g/mol. The van der Waals surface area contributed by atoms with Gasteiger partial charge in [-0.05, 0) is 31.2 Å². The number of ether oxygens (including phenoxy) is 1. The van der Waals surface area contributed by atoms with Gasteiger partial charge in [0.25, 0.3) is 0 Å². The molecule has 2 heteroatoms. The molecule has 1 rings (SSSR count). The average Bonchev–Trinajstić information content (AvgIpc) is 2.69. The summed E-state index contributed by atoms with van der Waals surface area (Å²) in [6.07, 6.45) is 1.34. The normalized spacial score (nSPS) is 27.2. The average molecular weight is 185 g/mol. The standard InChI is InChI=1S/C11H23NO/c1-5-12-10(8-13-6-2)9-7-11(9,3)4/h9-10,12H,5-8H2,1-4H3. The van der Waals surface area contributed by atoms with E-state index >= 15 is 0 Å². The molecule has 1 aliphatic carbocycles. The number of rotatable bonds is 6. The Balaban J connectivity index is 2.31. The predicted octanol–water partition coefficient (Wildman–Crippen LogP) is 2.05. The minimum atomic E-state index is 0.546. The zero-order valence-corrected chi connectivity index (χ0v) is 9.39. The molecule has 1 aliphatic rings. The summed E-state index contributed by atoms with van der Waals surface area (Å²) < 4.78 is 5.48. The van der Waals surface area contributed by atoms with Crippen LogP contribution in [0.1, 0.15) is 34.1 Å². The first-order valence-electron chi connectivity index (χ1n) is 5.43. The topological polar surface area (TPSA) is 21.3 Å². The van der Waals surface area contributed by atoms with Gasteiger partial charge in [-0.25, -0.2) is 0 Å². The van der Waals surface area contributed by atoms with Gasteiger partial charge in [-0.1, -0.05) is 20.8 Å². The van der Waals surface area contributed by atoms with E-state index in [-0.39, 0.29) is 0 Å². The van der Waals surface area contributed by atoms with Crippen molar-refractivity contribution in [1.29, 1.82) is 0 Å². The smallest absolute Gasteiger partial charge is 0.0622 e. The van der Waals surface area contributed by atoms with Crippen LogP contribution in [0.4, 0.5) is 0 Å². The summed E-state index contributed by atoms with van der Waals surface area (Å²) in [6, 6.07) is 0.569. The molecule has 2 nitrogen and oxygen atoms in total. The summed E-state index contributed by atoms with van der Waals surface area (Å²) in [5.41, 5.74) is 0.546. The fraction of sp³-hybridized carbons (Fsp3) is 1.00. The molecule has 2 atom stereocenters. The fourth-order valence-corrected chi connectivity index (χ4v) is 2.02. The molecule has 1 fully saturated rings. The van der Waals surface area contributed by atoms with Gasteiger partial charge in [-0.3, -0.25) is 0 Å². The largest absolute Gasteiger partial charge is 0.380 e. The first kappa shape index (κ1) is 11.0. The van der Waals surface area contributed by atoms with Gasteiger partial charge in [0.05, 0.1) is 6.61 Å². The van der Waals surface area contributed by atoms with Gasteiger partial charge < -0.3 is 10.1 Å². The Morgan fingerprint density at radius 1 is 1.46 bits per heavy atom. The second-order valence-electron chi connectivity index (χ2n) is 4.62. The summed E-state index contributed by atoms with van der Waals surface area (Å²) in [7, 11) is 0. The molecule has 0 saturated heterocycles. The summed E-state index contributed by atoms with van der Waals surface area (Å²) >= 11 is 0. The highest BCUT2D eigenvalue weighted by atomic mass is 16.5. The summed E-state index contributed by atoms with van der Waals surface area (Å²) in [4.78, 5) is 0. The number of hydrogen-bond donors (Lipinski definition) is 1. The molecule has 0 aromatic heterocycles. The first-order chi connectivity index (χ1) is 6.11. The summed E-state index contributed by atoms with van der Waals surface area (Å²) in [6.45, 7) is 11.6. The lowest BCUT2D eigenvalue weighted by atomic mass is 10.0. The van der Waals surface area contributed by atoms with Crippen LogP contribution in [0.3, 0.4) is 0 Å². The van der Waals surface area contributed by atoms with Crippen LogP contribution in [0.2, 0.25) is 0 Å². The third kappa shape index (κ3) is 2.96. The first-order valence-corrected chi connectivity index (χ1v) is 5.43. The maximum atomic E-state index is 5.48. The highest BCUT2D eigenvalue weighted by molar-refractivity contribution is 5.01. The van der Waals surface area contributed by atoms with Gasteiger partial charge in [-0.2, -0.15) is 0 Å². The van der Waals surface area contributed by atoms with Crippen LogP contribution in [0.25, 0.3) is 0 Å². The number of likely N-dealkylation sites (N-methyl/N-ethyl adjacent to an activating group) is 1. The van der Waals surface area contributed by atoms with Crippen LogP contribution < -0.4 is 5.32 Å². The Morgan fingerprint density at radius 3 is 2.46 bits per heavy atom.